The summed E-state index contributed by atoms with van der Waals surface area (Å²) in [5.74, 6) is 1.96. The third-order valence-electron chi connectivity index (χ3n) is 4.88. The van der Waals surface area contributed by atoms with E-state index in [1.165, 1.54) is 7.11 Å². The summed E-state index contributed by atoms with van der Waals surface area (Å²) in [6.07, 6.45) is 2.02. The highest BCUT2D eigenvalue weighted by Gasteiger charge is 2.23. The topological polar surface area (TPSA) is 79.5 Å². The van der Waals surface area contributed by atoms with E-state index >= 15 is 0 Å². The van der Waals surface area contributed by atoms with Crippen molar-refractivity contribution in [2.45, 2.75) is 39.3 Å². The van der Waals surface area contributed by atoms with Crippen LogP contribution in [0.1, 0.15) is 30.9 Å². The average molecular weight is 372 g/mol. The summed E-state index contributed by atoms with van der Waals surface area (Å²) in [5.41, 5.74) is 1.86. The van der Waals surface area contributed by atoms with Gasteiger partial charge in [0.2, 0.25) is 5.88 Å². The number of hydrogen-bond donors (Lipinski definition) is 2. The lowest BCUT2D eigenvalue weighted by atomic mass is 10.0. The number of piperidine rings is 1. The van der Waals surface area contributed by atoms with Gasteiger partial charge in [-0.05, 0) is 57.0 Å². The predicted molar refractivity (Wildman–Crippen MR) is 106 cm³/mol. The van der Waals surface area contributed by atoms with E-state index in [9.17, 15) is 4.79 Å². The van der Waals surface area contributed by atoms with Gasteiger partial charge in [-0.15, -0.1) is 0 Å². The van der Waals surface area contributed by atoms with Crippen LogP contribution in [0.4, 0.5) is 5.82 Å². The molecule has 2 heterocycles. The van der Waals surface area contributed by atoms with Crippen molar-refractivity contribution in [2.75, 3.05) is 31.7 Å². The second kappa shape index (κ2) is 8.90. The molecule has 1 aliphatic rings. The molecule has 0 bridgehead atoms. The molecule has 1 aromatic heterocycles. The summed E-state index contributed by atoms with van der Waals surface area (Å²) in [4.78, 5) is 21.0. The average Bonchev–Trinajstić information content (AvgIpc) is 2.68. The number of aryl methyl sites for hydroxylation is 1. The molecule has 0 saturated carbocycles. The summed E-state index contributed by atoms with van der Waals surface area (Å²) < 4.78 is 10.9. The van der Waals surface area contributed by atoms with E-state index in [4.69, 9.17) is 9.47 Å². The molecular weight excluding hydrogens is 344 g/mol. The van der Waals surface area contributed by atoms with E-state index in [1.54, 1.807) is 6.07 Å². The number of rotatable bonds is 7. The van der Waals surface area contributed by atoms with Gasteiger partial charge in [0.25, 0.3) is 0 Å². The Hall–Kier alpha value is -2.54. The predicted octanol–water partition coefficient (Wildman–Crippen LogP) is 2.24. The molecular formula is C20H28N4O3. The Kier molecular flexibility index (Phi) is 6.34. The fourth-order valence-electron chi connectivity index (χ4n) is 3.46. The maximum Gasteiger partial charge on any atom is 0.349 e. The fraction of sp³-hybridized carbons (Fsp3) is 0.500. The zero-order valence-electron chi connectivity index (χ0n) is 16.2. The Balaban J connectivity index is 1.94. The molecule has 7 nitrogen and oxygen atoms in total. The molecule has 1 fully saturated rings. The van der Waals surface area contributed by atoms with E-state index < -0.39 is 5.69 Å². The van der Waals surface area contributed by atoms with Gasteiger partial charge in [0.15, 0.2) is 0 Å². The van der Waals surface area contributed by atoms with Gasteiger partial charge in [-0.2, -0.15) is 4.98 Å². The molecule has 0 amide bonds. The van der Waals surface area contributed by atoms with Crippen molar-refractivity contribution in [3.05, 3.63) is 45.9 Å². The highest BCUT2D eigenvalue weighted by molar-refractivity contribution is 5.45. The smallest absolute Gasteiger partial charge is 0.349 e. The minimum atomic E-state index is -0.401. The van der Waals surface area contributed by atoms with Crippen LogP contribution in [0.3, 0.4) is 0 Å². The number of anilines is 1. The molecule has 0 atom stereocenters. The minimum absolute atomic E-state index is 0.325. The Morgan fingerprint density at radius 3 is 2.74 bits per heavy atom. The number of hydrogen-bond acceptors (Lipinski definition) is 6. The van der Waals surface area contributed by atoms with Crippen LogP contribution in [0.5, 0.6) is 11.6 Å². The number of aromatic amines is 1. The molecule has 2 aromatic rings. The quantitative estimate of drug-likeness (QED) is 0.776. The Bertz CT molecular complexity index is 815. The SMILES string of the molecule is CCOc1cc(CN(c2cc(OC)nc(=O)[nH]2)C2CCNCC2)ccc1C. The van der Waals surface area contributed by atoms with E-state index in [2.05, 4.69) is 38.4 Å². The van der Waals surface area contributed by atoms with Crippen LogP contribution in [-0.2, 0) is 6.54 Å². The Labute approximate surface area is 159 Å². The van der Waals surface area contributed by atoms with Crippen molar-refractivity contribution in [3.8, 4) is 11.6 Å². The van der Waals surface area contributed by atoms with Crippen molar-refractivity contribution in [1.82, 2.24) is 15.3 Å². The minimum Gasteiger partial charge on any atom is -0.494 e. The summed E-state index contributed by atoms with van der Waals surface area (Å²) in [6.45, 7) is 7.27. The maximum absolute atomic E-state index is 12.0. The lowest BCUT2D eigenvalue weighted by Gasteiger charge is -2.36. The zero-order valence-corrected chi connectivity index (χ0v) is 16.2. The zero-order chi connectivity index (χ0) is 19.2. The van der Waals surface area contributed by atoms with Crippen LogP contribution in [-0.4, -0.2) is 42.8 Å². The van der Waals surface area contributed by atoms with Gasteiger partial charge >= 0.3 is 5.69 Å². The number of nitrogens with zero attached hydrogens (tertiary/aromatic N) is 2. The van der Waals surface area contributed by atoms with E-state index in [1.807, 2.05) is 13.8 Å². The molecule has 27 heavy (non-hydrogen) atoms. The van der Waals surface area contributed by atoms with Crippen molar-refractivity contribution in [1.29, 1.82) is 0 Å². The lowest BCUT2D eigenvalue weighted by Crippen LogP contribution is -2.43. The third kappa shape index (κ3) is 4.80. The number of ether oxygens (including phenoxy) is 2. The van der Waals surface area contributed by atoms with Gasteiger partial charge in [0.1, 0.15) is 11.6 Å². The summed E-state index contributed by atoms with van der Waals surface area (Å²) >= 11 is 0. The standard InChI is InChI=1S/C20H28N4O3/c1-4-27-17-11-15(6-5-14(17)2)13-24(16-7-9-21-10-8-16)18-12-19(26-3)23-20(25)22-18/h5-6,11-12,16,21H,4,7-10,13H2,1-3H3,(H,22,23,25). The van der Waals surface area contributed by atoms with Gasteiger partial charge in [-0.3, -0.25) is 4.98 Å². The highest BCUT2D eigenvalue weighted by Crippen LogP contribution is 2.26. The van der Waals surface area contributed by atoms with E-state index in [0.717, 1.165) is 48.6 Å². The van der Waals surface area contributed by atoms with Gasteiger partial charge in [0, 0.05) is 18.7 Å². The van der Waals surface area contributed by atoms with Crippen molar-refractivity contribution in [2.24, 2.45) is 0 Å². The summed E-state index contributed by atoms with van der Waals surface area (Å²) in [6, 6.07) is 8.40. The first-order valence-electron chi connectivity index (χ1n) is 9.45. The first-order valence-corrected chi connectivity index (χ1v) is 9.45. The van der Waals surface area contributed by atoms with Gasteiger partial charge in [-0.25, -0.2) is 4.79 Å². The molecule has 0 aliphatic carbocycles. The first kappa shape index (κ1) is 19.2. The molecule has 1 aromatic carbocycles. The van der Waals surface area contributed by atoms with E-state index in [0.29, 0.717) is 25.1 Å². The Morgan fingerprint density at radius 1 is 1.26 bits per heavy atom. The van der Waals surface area contributed by atoms with Crippen LogP contribution in [0.2, 0.25) is 0 Å². The molecule has 3 rings (SSSR count). The number of methoxy groups -OCH3 is 1. The molecule has 0 radical (unpaired) electrons. The first-order chi connectivity index (χ1) is 13.1. The molecule has 2 N–H and O–H groups in total. The molecule has 1 saturated heterocycles. The van der Waals surface area contributed by atoms with Crippen LogP contribution in [0.25, 0.3) is 0 Å². The second-order valence-corrected chi connectivity index (χ2v) is 6.76. The molecule has 0 unspecified atom stereocenters. The van der Waals surface area contributed by atoms with Crippen molar-refractivity contribution in [3.63, 3.8) is 0 Å². The van der Waals surface area contributed by atoms with Crippen LogP contribution in [0.15, 0.2) is 29.1 Å². The fourth-order valence-corrected chi connectivity index (χ4v) is 3.46. The highest BCUT2D eigenvalue weighted by atomic mass is 16.5. The van der Waals surface area contributed by atoms with Crippen molar-refractivity contribution >= 4 is 5.82 Å². The van der Waals surface area contributed by atoms with Crippen LogP contribution >= 0.6 is 0 Å². The number of nitrogens with one attached hydrogen (secondary N) is 2. The van der Waals surface area contributed by atoms with E-state index in [-0.39, 0.29) is 0 Å². The third-order valence-corrected chi connectivity index (χ3v) is 4.88. The number of benzene rings is 1. The van der Waals surface area contributed by atoms with Crippen LogP contribution in [0, 0.1) is 6.92 Å². The van der Waals surface area contributed by atoms with Gasteiger partial charge < -0.3 is 19.7 Å². The second-order valence-electron chi connectivity index (χ2n) is 6.76. The van der Waals surface area contributed by atoms with Gasteiger partial charge in [-0.1, -0.05) is 12.1 Å². The monoisotopic (exact) mass is 372 g/mol. The lowest BCUT2D eigenvalue weighted by molar-refractivity contribution is 0.337. The molecule has 7 heteroatoms. The maximum atomic E-state index is 12.0. The van der Waals surface area contributed by atoms with Crippen LogP contribution < -0.4 is 25.4 Å². The largest absolute Gasteiger partial charge is 0.494 e. The van der Waals surface area contributed by atoms with Gasteiger partial charge in [0.05, 0.1) is 13.7 Å². The number of H-pyrrole nitrogens is 1. The summed E-state index contributed by atoms with van der Waals surface area (Å²) in [5, 5.41) is 3.40. The summed E-state index contributed by atoms with van der Waals surface area (Å²) in [7, 11) is 1.52. The number of aromatic nitrogens is 2. The molecule has 1 aliphatic heterocycles. The normalized spacial score (nSPS) is 14.8. The molecule has 146 valence electrons. The van der Waals surface area contributed by atoms with Crippen molar-refractivity contribution < 1.29 is 9.47 Å². The Morgan fingerprint density at radius 2 is 2.04 bits per heavy atom. The molecule has 0 spiro atoms.